The number of anilines is 1. The molecule has 1 aliphatic rings. The lowest BCUT2D eigenvalue weighted by molar-refractivity contribution is 0.132. The van der Waals surface area contributed by atoms with Gasteiger partial charge in [0.2, 0.25) is 11.7 Å². The number of ether oxygens (including phenoxy) is 1. The largest absolute Gasteiger partial charge is 0.453 e. The van der Waals surface area contributed by atoms with E-state index in [9.17, 15) is 13.6 Å². The first-order chi connectivity index (χ1) is 11.4. The first-order valence-corrected chi connectivity index (χ1v) is 7.33. The van der Waals surface area contributed by atoms with E-state index in [2.05, 4.69) is 14.9 Å². The highest BCUT2D eigenvalue weighted by Crippen LogP contribution is 2.31. The zero-order valence-corrected chi connectivity index (χ0v) is 13.2. The van der Waals surface area contributed by atoms with Crippen LogP contribution in [0, 0.1) is 18.6 Å². The Morgan fingerprint density at radius 1 is 1.50 bits per heavy atom. The summed E-state index contributed by atoms with van der Waals surface area (Å²) in [5.74, 6) is -1.43. The number of aromatic nitrogens is 2. The average molecular weight is 338 g/mol. The summed E-state index contributed by atoms with van der Waals surface area (Å²) in [7, 11) is 1.31. The zero-order valence-electron chi connectivity index (χ0n) is 13.2. The molecule has 1 saturated heterocycles. The van der Waals surface area contributed by atoms with Crippen LogP contribution in [0.2, 0.25) is 0 Å². The van der Waals surface area contributed by atoms with Crippen LogP contribution in [0.15, 0.2) is 10.6 Å². The Labute approximate surface area is 136 Å². The molecular formula is C15H16F2N4O3. The van der Waals surface area contributed by atoms with E-state index in [4.69, 9.17) is 10.3 Å². The first-order valence-electron chi connectivity index (χ1n) is 7.33. The van der Waals surface area contributed by atoms with Gasteiger partial charge in [-0.15, -0.1) is 0 Å². The molecule has 0 saturated carbocycles. The van der Waals surface area contributed by atoms with E-state index in [0.29, 0.717) is 19.5 Å². The number of likely N-dealkylation sites (tertiary alicyclic amines) is 1. The molecule has 0 bridgehead atoms. The molecule has 0 radical (unpaired) electrons. The fourth-order valence-corrected chi connectivity index (χ4v) is 2.67. The first kappa shape index (κ1) is 16.2. The number of amides is 1. The number of benzene rings is 1. The maximum Gasteiger partial charge on any atom is 0.409 e. The molecule has 1 aromatic carbocycles. The van der Waals surface area contributed by atoms with Gasteiger partial charge in [-0.3, -0.25) is 0 Å². The molecule has 0 aliphatic carbocycles. The summed E-state index contributed by atoms with van der Waals surface area (Å²) in [6.07, 6.45) is 0.181. The van der Waals surface area contributed by atoms with E-state index in [0.717, 1.165) is 6.07 Å². The molecule has 0 unspecified atom stereocenters. The van der Waals surface area contributed by atoms with Crippen molar-refractivity contribution >= 4 is 11.8 Å². The molecule has 1 atom stereocenters. The zero-order chi connectivity index (χ0) is 17.4. The standard InChI is InChI=1S/C15H16F2N4O3/c1-7-10(16)5-9(11(17)12(7)18)13-19-14(24-20-13)8-3-4-21(6-8)15(22)23-2/h5,8H,3-4,6,18H2,1-2H3/t8-/m1/s1. The second kappa shape index (κ2) is 6.06. The topological polar surface area (TPSA) is 94.5 Å². The summed E-state index contributed by atoms with van der Waals surface area (Å²) < 4.78 is 37.9. The second-order valence-corrected chi connectivity index (χ2v) is 5.62. The van der Waals surface area contributed by atoms with Crippen LogP contribution in [-0.2, 0) is 4.74 Å². The number of carbonyl (C=O) groups excluding carboxylic acids is 1. The van der Waals surface area contributed by atoms with Crippen LogP contribution in [0.5, 0.6) is 0 Å². The maximum absolute atomic E-state index is 14.2. The van der Waals surface area contributed by atoms with E-state index in [1.807, 2.05) is 0 Å². The highest BCUT2D eigenvalue weighted by molar-refractivity contribution is 5.68. The van der Waals surface area contributed by atoms with E-state index >= 15 is 0 Å². The van der Waals surface area contributed by atoms with Crippen molar-refractivity contribution < 1.29 is 22.8 Å². The number of hydrogen-bond acceptors (Lipinski definition) is 6. The Morgan fingerprint density at radius 2 is 2.25 bits per heavy atom. The smallest absolute Gasteiger partial charge is 0.409 e. The van der Waals surface area contributed by atoms with Crippen molar-refractivity contribution in [2.24, 2.45) is 0 Å². The molecule has 0 spiro atoms. The minimum absolute atomic E-state index is 0.0319. The van der Waals surface area contributed by atoms with Gasteiger partial charge in [0.1, 0.15) is 5.82 Å². The number of halogens is 2. The fraction of sp³-hybridized carbons (Fsp3) is 0.400. The van der Waals surface area contributed by atoms with E-state index in [1.54, 1.807) is 0 Å². The molecule has 1 aromatic heterocycles. The average Bonchev–Trinajstić information content (AvgIpc) is 3.24. The Hall–Kier alpha value is -2.71. The molecule has 24 heavy (non-hydrogen) atoms. The Balaban J connectivity index is 1.86. The molecule has 7 nitrogen and oxygen atoms in total. The number of rotatable bonds is 2. The fourth-order valence-electron chi connectivity index (χ4n) is 2.67. The van der Waals surface area contributed by atoms with Crippen molar-refractivity contribution in [3.05, 3.63) is 29.2 Å². The van der Waals surface area contributed by atoms with Crippen LogP contribution in [0.4, 0.5) is 19.3 Å². The van der Waals surface area contributed by atoms with Gasteiger partial charge in [-0.1, -0.05) is 5.16 Å². The molecule has 9 heteroatoms. The van der Waals surface area contributed by atoms with Gasteiger partial charge in [-0.05, 0) is 19.4 Å². The minimum atomic E-state index is -0.788. The van der Waals surface area contributed by atoms with Crippen LogP contribution in [0.3, 0.4) is 0 Å². The summed E-state index contributed by atoms with van der Waals surface area (Å²) in [5, 5.41) is 3.71. The van der Waals surface area contributed by atoms with Gasteiger partial charge in [-0.2, -0.15) is 4.98 Å². The lowest BCUT2D eigenvalue weighted by atomic mass is 10.1. The van der Waals surface area contributed by atoms with Gasteiger partial charge < -0.3 is 19.9 Å². The number of methoxy groups -OCH3 is 1. The number of nitrogens with two attached hydrogens (primary N) is 1. The summed E-state index contributed by atoms with van der Waals surface area (Å²) in [6, 6.07) is 0.991. The van der Waals surface area contributed by atoms with Crippen molar-refractivity contribution in [1.29, 1.82) is 0 Å². The SMILES string of the molecule is COC(=O)N1CC[C@@H](c2nc(-c3cc(F)c(C)c(N)c3F)no2)C1. The highest BCUT2D eigenvalue weighted by atomic mass is 19.1. The number of nitrogens with zero attached hydrogens (tertiary/aromatic N) is 3. The van der Waals surface area contributed by atoms with Gasteiger partial charge in [0.05, 0.1) is 24.3 Å². The Morgan fingerprint density at radius 3 is 2.96 bits per heavy atom. The Kier molecular flexibility index (Phi) is 4.08. The summed E-state index contributed by atoms with van der Waals surface area (Å²) in [5.41, 5.74) is 5.15. The molecule has 2 heterocycles. The third kappa shape index (κ3) is 2.66. The predicted molar refractivity (Wildman–Crippen MR) is 80.1 cm³/mol. The van der Waals surface area contributed by atoms with Gasteiger partial charge in [0, 0.05) is 18.7 Å². The van der Waals surface area contributed by atoms with Crippen molar-refractivity contribution in [3.63, 3.8) is 0 Å². The summed E-state index contributed by atoms with van der Waals surface area (Å²) >= 11 is 0. The van der Waals surface area contributed by atoms with Crippen molar-refractivity contribution in [2.45, 2.75) is 19.3 Å². The lowest BCUT2D eigenvalue weighted by Crippen LogP contribution is -2.28. The monoisotopic (exact) mass is 338 g/mol. The summed E-state index contributed by atoms with van der Waals surface area (Å²) in [6.45, 7) is 2.25. The molecule has 1 aliphatic heterocycles. The quantitative estimate of drug-likeness (QED) is 0.845. The molecular weight excluding hydrogens is 322 g/mol. The predicted octanol–water partition coefficient (Wildman–Crippen LogP) is 2.46. The Bertz CT molecular complexity index is 793. The maximum atomic E-state index is 14.2. The van der Waals surface area contributed by atoms with Crippen LogP contribution in [0.25, 0.3) is 11.4 Å². The van der Waals surface area contributed by atoms with E-state index in [-0.39, 0.29) is 34.4 Å². The molecule has 3 rings (SSSR count). The number of hydrogen-bond donors (Lipinski definition) is 1. The molecule has 128 valence electrons. The molecule has 1 fully saturated rings. The van der Waals surface area contributed by atoms with E-state index < -0.39 is 17.7 Å². The third-order valence-corrected chi connectivity index (χ3v) is 4.16. The van der Waals surface area contributed by atoms with Crippen LogP contribution in [0.1, 0.15) is 23.8 Å². The van der Waals surface area contributed by atoms with Crippen LogP contribution < -0.4 is 5.73 Å². The molecule has 1 amide bonds. The van der Waals surface area contributed by atoms with Crippen LogP contribution in [-0.4, -0.2) is 41.3 Å². The molecule has 2 N–H and O–H groups in total. The van der Waals surface area contributed by atoms with Crippen molar-refractivity contribution in [3.8, 4) is 11.4 Å². The minimum Gasteiger partial charge on any atom is -0.453 e. The van der Waals surface area contributed by atoms with E-state index in [1.165, 1.54) is 18.9 Å². The number of nitrogen functional groups attached to an aromatic ring is 1. The van der Waals surface area contributed by atoms with Gasteiger partial charge in [0.25, 0.3) is 0 Å². The normalized spacial score (nSPS) is 17.3. The van der Waals surface area contributed by atoms with Crippen LogP contribution >= 0.6 is 0 Å². The van der Waals surface area contributed by atoms with Crippen molar-refractivity contribution in [1.82, 2.24) is 15.0 Å². The van der Waals surface area contributed by atoms with Gasteiger partial charge >= 0.3 is 6.09 Å². The molecule has 2 aromatic rings. The lowest BCUT2D eigenvalue weighted by Gasteiger charge is -2.13. The van der Waals surface area contributed by atoms with Gasteiger partial charge in [-0.25, -0.2) is 13.6 Å². The highest BCUT2D eigenvalue weighted by Gasteiger charge is 2.32. The van der Waals surface area contributed by atoms with Crippen molar-refractivity contribution in [2.75, 3.05) is 25.9 Å². The third-order valence-electron chi connectivity index (χ3n) is 4.16. The second-order valence-electron chi connectivity index (χ2n) is 5.62. The number of carbonyl (C=O) groups is 1. The summed E-state index contributed by atoms with van der Waals surface area (Å²) in [4.78, 5) is 17.1. The van der Waals surface area contributed by atoms with Gasteiger partial charge in [0.15, 0.2) is 5.82 Å².